The summed E-state index contributed by atoms with van der Waals surface area (Å²) in [5.41, 5.74) is 1.05. The summed E-state index contributed by atoms with van der Waals surface area (Å²) in [6, 6.07) is 9.40. The Labute approximate surface area is 83.0 Å². The second kappa shape index (κ2) is 3.64. The summed E-state index contributed by atoms with van der Waals surface area (Å²) >= 11 is 0. The molecular weight excluding hydrogens is 176 g/mol. The van der Waals surface area contributed by atoms with Crippen molar-refractivity contribution in [3.8, 4) is 0 Å². The number of nitrogens with zero attached hydrogens (tertiary/aromatic N) is 2. The molecule has 1 heterocycles. The molecule has 2 rings (SSSR count). The molecule has 1 aromatic carbocycles. The van der Waals surface area contributed by atoms with Crippen LogP contribution in [-0.2, 0) is 0 Å². The van der Waals surface area contributed by atoms with Crippen molar-refractivity contribution in [2.45, 2.75) is 12.1 Å². The fourth-order valence-corrected chi connectivity index (χ4v) is 1.61. The number of aliphatic imine (C=N–C) groups is 1. The Kier molecular flexibility index (Phi) is 2.33. The van der Waals surface area contributed by atoms with Crippen LogP contribution in [0.2, 0.25) is 0 Å². The van der Waals surface area contributed by atoms with Gasteiger partial charge in [-0.05, 0) is 5.56 Å². The van der Waals surface area contributed by atoms with Crippen molar-refractivity contribution >= 4 is 6.34 Å². The average molecular weight is 187 g/mol. The van der Waals surface area contributed by atoms with Crippen LogP contribution in [0.25, 0.3) is 0 Å². The molecule has 0 fully saturated rings. The average Bonchev–Trinajstić information content (AvgIpc) is 2.61. The molecule has 0 saturated heterocycles. The van der Waals surface area contributed by atoms with Gasteiger partial charge in [0.15, 0.2) is 0 Å². The minimum absolute atomic E-state index is 0.105. The van der Waals surface area contributed by atoms with Gasteiger partial charge in [0.05, 0.1) is 18.4 Å². The maximum Gasteiger partial charge on any atom is 0.0997 e. The number of hydrogen-bond donors (Lipinski definition) is 0. The number of benzene rings is 1. The molecule has 14 heavy (non-hydrogen) atoms. The molecule has 0 saturated carbocycles. The Morgan fingerprint density at radius 3 is 2.71 bits per heavy atom. The predicted molar refractivity (Wildman–Crippen MR) is 56.9 cm³/mol. The van der Waals surface area contributed by atoms with Crippen molar-refractivity contribution in [3.05, 3.63) is 53.8 Å². The minimum Gasteiger partial charge on any atom is -0.757 e. The second-order valence-corrected chi connectivity index (χ2v) is 3.21. The van der Waals surface area contributed by atoms with E-state index in [4.69, 9.17) is 0 Å². The van der Waals surface area contributed by atoms with E-state index in [9.17, 15) is 5.21 Å². The van der Waals surface area contributed by atoms with Crippen molar-refractivity contribution in [2.24, 2.45) is 4.99 Å². The third kappa shape index (κ3) is 1.42. The first-order valence-electron chi connectivity index (χ1n) is 4.49. The van der Waals surface area contributed by atoms with Gasteiger partial charge in [0.25, 0.3) is 0 Å². The van der Waals surface area contributed by atoms with Gasteiger partial charge < -0.3 is 10.3 Å². The topological polar surface area (TPSA) is 38.7 Å². The third-order valence-electron chi connectivity index (χ3n) is 2.34. The second-order valence-electron chi connectivity index (χ2n) is 3.21. The van der Waals surface area contributed by atoms with E-state index in [0.717, 1.165) is 10.6 Å². The first-order chi connectivity index (χ1) is 6.83. The van der Waals surface area contributed by atoms with Crippen molar-refractivity contribution in [3.63, 3.8) is 0 Å². The van der Waals surface area contributed by atoms with Crippen LogP contribution in [0.15, 0.2) is 48.0 Å². The monoisotopic (exact) mass is 187 g/mol. The Balaban J connectivity index is 2.28. The standard InChI is InChI=1S/C11H11N2O/c1-2-10-11(12-8-13(10)14)9-6-4-3-5-7-9/h2-8,10-11H,1H2/q-1. The van der Waals surface area contributed by atoms with E-state index >= 15 is 0 Å². The zero-order chi connectivity index (χ0) is 9.97. The highest BCUT2D eigenvalue weighted by Gasteiger charge is 2.24. The maximum atomic E-state index is 11.3. The van der Waals surface area contributed by atoms with E-state index in [1.165, 1.54) is 6.34 Å². The van der Waals surface area contributed by atoms with Crippen molar-refractivity contribution in [2.75, 3.05) is 0 Å². The molecule has 0 amide bonds. The molecule has 0 aromatic heterocycles. The molecule has 0 bridgehead atoms. The fourth-order valence-electron chi connectivity index (χ4n) is 1.61. The van der Waals surface area contributed by atoms with Crippen LogP contribution >= 0.6 is 0 Å². The Bertz CT molecular complexity index is 348. The largest absolute Gasteiger partial charge is 0.757 e. The SMILES string of the molecule is C=CC1C(c2ccccc2)N=CN1[O-]. The molecule has 2 unspecified atom stereocenters. The minimum atomic E-state index is -0.266. The van der Waals surface area contributed by atoms with E-state index in [1.807, 2.05) is 30.3 Å². The van der Waals surface area contributed by atoms with Crippen molar-refractivity contribution in [1.82, 2.24) is 5.06 Å². The highest BCUT2D eigenvalue weighted by molar-refractivity contribution is 5.61. The smallest absolute Gasteiger partial charge is 0.0997 e. The third-order valence-corrected chi connectivity index (χ3v) is 2.34. The summed E-state index contributed by atoms with van der Waals surface area (Å²) in [4.78, 5) is 4.16. The summed E-state index contributed by atoms with van der Waals surface area (Å²) < 4.78 is 0. The molecule has 0 aliphatic carbocycles. The highest BCUT2D eigenvalue weighted by Crippen LogP contribution is 2.28. The summed E-state index contributed by atoms with van der Waals surface area (Å²) in [7, 11) is 0. The fraction of sp³-hybridized carbons (Fsp3) is 0.182. The van der Waals surface area contributed by atoms with E-state index in [2.05, 4.69) is 11.6 Å². The first-order valence-corrected chi connectivity index (χ1v) is 4.49. The van der Waals surface area contributed by atoms with E-state index in [1.54, 1.807) is 6.08 Å². The Morgan fingerprint density at radius 2 is 2.07 bits per heavy atom. The van der Waals surface area contributed by atoms with Gasteiger partial charge in [-0.1, -0.05) is 36.4 Å². The van der Waals surface area contributed by atoms with Gasteiger partial charge in [-0.2, -0.15) is 0 Å². The lowest BCUT2D eigenvalue weighted by atomic mass is 10.0. The first kappa shape index (κ1) is 8.97. The molecule has 1 aliphatic rings. The molecule has 2 atom stereocenters. The normalized spacial score (nSPS) is 25.4. The number of rotatable bonds is 2. The van der Waals surface area contributed by atoms with Gasteiger partial charge >= 0.3 is 0 Å². The van der Waals surface area contributed by atoms with Crippen LogP contribution in [0.5, 0.6) is 0 Å². The molecule has 1 aliphatic heterocycles. The van der Waals surface area contributed by atoms with Crippen molar-refractivity contribution in [1.29, 1.82) is 0 Å². The zero-order valence-corrected chi connectivity index (χ0v) is 7.71. The molecule has 0 N–H and O–H groups in total. The van der Waals surface area contributed by atoms with Gasteiger partial charge in [-0.3, -0.25) is 4.99 Å². The van der Waals surface area contributed by atoms with Crippen LogP contribution in [-0.4, -0.2) is 17.4 Å². The van der Waals surface area contributed by atoms with Gasteiger partial charge in [-0.25, -0.2) is 0 Å². The van der Waals surface area contributed by atoms with E-state index < -0.39 is 0 Å². The molecule has 1 aromatic rings. The predicted octanol–water partition coefficient (Wildman–Crippen LogP) is 2.12. The van der Waals surface area contributed by atoms with Crippen LogP contribution < -0.4 is 0 Å². The Morgan fingerprint density at radius 1 is 1.36 bits per heavy atom. The molecular formula is C11H11N2O-. The molecule has 3 heteroatoms. The summed E-state index contributed by atoms with van der Waals surface area (Å²) in [5.74, 6) is 0. The zero-order valence-electron chi connectivity index (χ0n) is 7.71. The van der Waals surface area contributed by atoms with Gasteiger partial charge in [0.1, 0.15) is 0 Å². The lowest BCUT2D eigenvalue weighted by Gasteiger charge is -2.30. The maximum absolute atomic E-state index is 11.3. The van der Waals surface area contributed by atoms with E-state index in [0.29, 0.717) is 0 Å². The van der Waals surface area contributed by atoms with Crippen LogP contribution in [0.4, 0.5) is 0 Å². The lowest BCUT2D eigenvalue weighted by molar-refractivity contribution is 0.461. The molecule has 3 nitrogen and oxygen atoms in total. The van der Waals surface area contributed by atoms with Crippen LogP contribution in [0.1, 0.15) is 11.6 Å². The van der Waals surface area contributed by atoms with Crippen LogP contribution in [0, 0.1) is 5.21 Å². The summed E-state index contributed by atoms with van der Waals surface area (Å²) in [6.45, 7) is 3.65. The van der Waals surface area contributed by atoms with Crippen molar-refractivity contribution < 1.29 is 0 Å². The summed E-state index contributed by atoms with van der Waals surface area (Å²) in [6.07, 6.45) is 2.96. The quantitative estimate of drug-likeness (QED) is 0.665. The van der Waals surface area contributed by atoms with Gasteiger partial charge in [0, 0.05) is 0 Å². The number of hydrogen-bond acceptors (Lipinski definition) is 3. The highest BCUT2D eigenvalue weighted by atomic mass is 16.5. The van der Waals surface area contributed by atoms with Gasteiger partial charge in [0.2, 0.25) is 0 Å². The molecule has 72 valence electrons. The van der Waals surface area contributed by atoms with E-state index in [-0.39, 0.29) is 12.1 Å². The molecule has 0 radical (unpaired) electrons. The number of hydroxylamine groups is 2. The van der Waals surface area contributed by atoms with Gasteiger partial charge in [-0.15, -0.1) is 6.58 Å². The molecule has 0 spiro atoms. The summed E-state index contributed by atoms with van der Waals surface area (Å²) in [5, 5.41) is 12.1. The lowest BCUT2D eigenvalue weighted by Crippen LogP contribution is -2.25. The van der Waals surface area contributed by atoms with Crippen LogP contribution in [0.3, 0.4) is 0 Å². The Hall–Kier alpha value is -1.61.